The summed E-state index contributed by atoms with van der Waals surface area (Å²) >= 11 is 0. The summed E-state index contributed by atoms with van der Waals surface area (Å²) in [5.41, 5.74) is 0.377. The van der Waals surface area contributed by atoms with Crippen LogP contribution in [-0.2, 0) is 0 Å². The predicted octanol–water partition coefficient (Wildman–Crippen LogP) is 1.79. The number of terminal acetylenes is 1. The van der Waals surface area contributed by atoms with Crippen molar-refractivity contribution >= 4 is 10.9 Å². The summed E-state index contributed by atoms with van der Waals surface area (Å²) in [6, 6.07) is 7.12. The molecule has 4 nitrogen and oxygen atoms in total. The lowest BCUT2D eigenvalue weighted by atomic mass is 10.0. The average molecular weight is 253 g/mol. The van der Waals surface area contributed by atoms with Gasteiger partial charge in [0.25, 0.3) is 5.56 Å². The van der Waals surface area contributed by atoms with E-state index in [0.29, 0.717) is 29.6 Å². The molecule has 4 heteroatoms. The molecule has 0 bridgehead atoms. The molecule has 19 heavy (non-hydrogen) atoms. The molecule has 2 aromatic rings. The van der Waals surface area contributed by atoms with Crippen molar-refractivity contribution < 1.29 is 0 Å². The van der Waals surface area contributed by atoms with Gasteiger partial charge in [-0.05, 0) is 18.6 Å². The van der Waals surface area contributed by atoms with Crippen LogP contribution in [0.4, 0.5) is 0 Å². The molecule has 0 fully saturated rings. The van der Waals surface area contributed by atoms with E-state index >= 15 is 0 Å². The van der Waals surface area contributed by atoms with Crippen LogP contribution in [0, 0.1) is 12.3 Å². The minimum atomic E-state index is -0.258. The third kappa shape index (κ3) is 2.36. The molecule has 0 aliphatic heterocycles. The first kappa shape index (κ1) is 12.9. The van der Waals surface area contributed by atoms with E-state index in [1.165, 1.54) is 0 Å². The molecule has 0 saturated heterocycles. The molecule has 0 aliphatic carbocycles. The maximum absolute atomic E-state index is 12.2. The Balaban J connectivity index is 2.66. The highest BCUT2D eigenvalue weighted by Gasteiger charge is 2.17. The largest absolute Gasteiger partial charge is 0.335 e. The maximum atomic E-state index is 12.2. The van der Waals surface area contributed by atoms with Crippen LogP contribution in [0.1, 0.15) is 24.6 Å². The fraction of sp³-hybridized carbons (Fsp3) is 0.200. The van der Waals surface area contributed by atoms with E-state index in [1.807, 2.05) is 6.07 Å². The van der Waals surface area contributed by atoms with Crippen LogP contribution in [-0.4, -0.2) is 9.66 Å². The summed E-state index contributed by atoms with van der Waals surface area (Å²) in [6.45, 7) is 3.70. The second-order valence-corrected chi connectivity index (χ2v) is 4.29. The third-order valence-corrected chi connectivity index (χ3v) is 3.02. The van der Waals surface area contributed by atoms with E-state index < -0.39 is 0 Å². The van der Waals surface area contributed by atoms with Crippen molar-refractivity contribution in [1.82, 2.24) is 9.66 Å². The lowest BCUT2D eigenvalue weighted by molar-refractivity contribution is 0.629. The third-order valence-electron chi connectivity index (χ3n) is 3.02. The standard InChI is InChI=1S/C15H15N3O/c1-3-7-11(8-4-2)14-17-13-10-6-5-9-12(13)15(19)18(14)16/h1,4-6,9-11H,2,7-8,16H2. The van der Waals surface area contributed by atoms with Crippen LogP contribution in [0.15, 0.2) is 41.7 Å². The first-order valence-electron chi connectivity index (χ1n) is 6.00. The van der Waals surface area contributed by atoms with Crippen molar-refractivity contribution in [1.29, 1.82) is 0 Å². The summed E-state index contributed by atoms with van der Waals surface area (Å²) < 4.78 is 1.09. The Morgan fingerprint density at radius 3 is 2.95 bits per heavy atom. The second kappa shape index (κ2) is 5.40. The van der Waals surface area contributed by atoms with Crippen LogP contribution >= 0.6 is 0 Å². The number of aromatic nitrogens is 2. The smallest absolute Gasteiger partial charge is 0.279 e. The number of allylic oxidation sites excluding steroid dienone is 1. The van der Waals surface area contributed by atoms with Crippen molar-refractivity contribution in [3.63, 3.8) is 0 Å². The Morgan fingerprint density at radius 1 is 1.53 bits per heavy atom. The minimum absolute atomic E-state index is 0.0928. The summed E-state index contributed by atoms with van der Waals surface area (Å²) in [7, 11) is 0. The van der Waals surface area contributed by atoms with Crippen LogP contribution in [0.25, 0.3) is 10.9 Å². The molecule has 0 spiro atoms. The first-order chi connectivity index (χ1) is 9.19. The minimum Gasteiger partial charge on any atom is -0.335 e. The van der Waals surface area contributed by atoms with Crippen LogP contribution in [0.5, 0.6) is 0 Å². The van der Waals surface area contributed by atoms with Gasteiger partial charge in [0.1, 0.15) is 5.82 Å². The van der Waals surface area contributed by atoms with E-state index in [1.54, 1.807) is 24.3 Å². The number of hydrogen-bond acceptors (Lipinski definition) is 3. The van der Waals surface area contributed by atoms with Crippen molar-refractivity contribution in [2.75, 3.05) is 5.84 Å². The topological polar surface area (TPSA) is 60.9 Å². The van der Waals surface area contributed by atoms with Gasteiger partial charge in [-0.25, -0.2) is 9.66 Å². The lowest BCUT2D eigenvalue weighted by Crippen LogP contribution is -2.33. The molecule has 1 heterocycles. The normalized spacial score (nSPS) is 11.9. The highest BCUT2D eigenvalue weighted by atomic mass is 16.1. The van der Waals surface area contributed by atoms with Crippen molar-refractivity contribution in [2.45, 2.75) is 18.8 Å². The van der Waals surface area contributed by atoms with Gasteiger partial charge in [0.15, 0.2) is 0 Å². The monoisotopic (exact) mass is 253 g/mol. The summed E-state index contributed by atoms with van der Waals surface area (Å²) in [6.07, 6.45) is 8.21. The fourth-order valence-corrected chi connectivity index (χ4v) is 2.07. The molecule has 0 aliphatic rings. The molecule has 1 atom stereocenters. The number of nitrogens with zero attached hydrogens (tertiary/aromatic N) is 2. The van der Waals surface area contributed by atoms with Crippen molar-refractivity contribution in [3.05, 3.63) is 53.1 Å². The van der Waals surface area contributed by atoms with E-state index in [2.05, 4.69) is 17.5 Å². The van der Waals surface area contributed by atoms with Crippen LogP contribution < -0.4 is 11.4 Å². The lowest BCUT2D eigenvalue weighted by Gasteiger charge is -2.15. The van der Waals surface area contributed by atoms with Gasteiger partial charge in [0.2, 0.25) is 0 Å². The SMILES string of the molecule is C#CCC(CC=C)c1nc2ccccc2c(=O)n1N. The molecule has 1 aromatic heterocycles. The number of hydrogen-bond donors (Lipinski definition) is 1. The van der Waals surface area contributed by atoms with Gasteiger partial charge in [0.05, 0.1) is 10.9 Å². The van der Waals surface area contributed by atoms with Crippen LogP contribution in [0.3, 0.4) is 0 Å². The van der Waals surface area contributed by atoms with E-state index in [9.17, 15) is 4.79 Å². The number of rotatable bonds is 4. The van der Waals surface area contributed by atoms with E-state index in [0.717, 1.165) is 4.68 Å². The van der Waals surface area contributed by atoms with Gasteiger partial charge in [-0.1, -0.05) is 18.2 Å². The Labute approximate surface area is 111 Å². The van der Waals surface area contributed by atoms with Crippen LogP contribution in [0.2, 0.25) is 0 Å². The zero-order chi connectivity index (χ0) is 13.8. The number of fused-ring (bicyclic) bond motifs is 1. The maximum Gasteiger partial charge on any atom is 0.279 e. The zero-order valence-corrected chi connectivity index (χ0v) is 10.5. The highest BCUT2D eigenvalue weighted by molar-refractivity contribution is 5.77. The van der Waals surface area contributed by atoms with Gasteiger partial charge in [-0.3, -0.25) is 4.79 Å². The summed E-state index contributed by atoms with van der Waals surface area (Å²) in [5.74, 6) is 8.84. The molecule has 2 rings (SSSR count). The molecular weight excluding hydrogens is 238 g/mol. The predicted molar refractivity (Wildman–Crippen MR) is 77.2 cm³/mol. The number of nitrogens with two attached hydrogens (primary N) is 1. The molecular formula is C15H15N3O. The molecule has 96 valence electrons. The quantitative estimate of drug-likeness (QED) is 0.513. The Morgan fingerprint density at radius 2 is 2.26 bits per heavy atom. The summed E-state index contributed by atoms with van der Waals surface area (Å²) in [5, 5.41) is 0.506. The van der Waals surface area contributed by atoms with Gasteiger partial charge in [0, 0.05) is 12.3 Å². The highest BCUT2D eigenvalue weighted by Crippen LogP contribution is 2.21. The molecule has 0 amide bonds. The average Bonchev–Trinajstić information content (AvgIpc) is 2.43. The Kier molecular flexibility index (Phi) is 3.67. The molecule has 1 unspecified atom stereocenters. The first-order valence-corrected chi connectivity index (χ1v) is 6.00. The second-order valence-electron chi connectivity index (χ2n) is 4.29. The van der Waals surface area contributed by atoms with Gasteiger partial charge < -0.3 is 5.84 Å². The Hall–Kier alpha value is -2.54. The Bertz CT molecular complexity index is 709. The molecule has 0 radical (unpaired) electrons. The van der Waals surface area contributed by atoms with E-state index in [-0.39, 0.29) is 11.5 Å². The van der Waals surface area contributed by atoms with E-state index in [4.69, 9.17) is 12.3 Å². The fourth-order valence-electron chi connectivity index (χ4n) is 2.07. The molecule has 2 N–H and O–H groups in total. The number of nitrogen functional groups attached to an aromatic ring is 1. The zero-order valence-electron chi connectivity index (χ0n) is 10.5. The number of para-hydroxylation sites is 1. The molecule has 1 aromatic carbocycles. The summed E-state index contributed by atoms with van der Waals surface area (Å²) in [4.78, 5) is 16.7. The van der Waals surface area contributed by atoms with Gasteiger partial charge in [-0.2, -0.15) is 0 Å². The molecule has 0 saturated carbocycles. The van der Waals surface area contributed by atoms with Crippen molar-refractivity contribution in [3.8, 4) is 12.3 Å². The van der Waals surface area contributed by atoms with Gasteiger partial charge >= 0.3 is 0 Å². The number of benzene rings is 1. The van der Waals surface area contributed by atoms with Crippen molar-refractivity contribution in [2.24, 2.45) is 0 Å². The van der Waals surface area contributed by atoms with Gasteiger partial charge in [-0.15, -0.1) is 18.9 Å².